The van der Waals surface area contributed by atoms with Crippen LogP contribution in [0.25, 0.3) is 16.7 Å². The van der Waals surface area contributed by atoms with Gasteiger partial charge in [0.2, 0.25) is 0 Å². The van der Waals surface area contributed by atoms with Crippen LogP contribution < -0.4 is 4.90 Å². The summed E-state index contributed by atoms with van der Waals surface area (Å²) >= 11 is 6.20. The van der Waals surface area contributed by atoms with Crippen molar-refractivity contribution >= 4 is 39.8 Å². The Bertz CT molecular complexity index is 1220. The van der Waals surface area contributed by atoms with Gasteiger partial charge in [0.25, 0.3) is 5.78 Å². The molecule has 0 aliphatic heterocycles. The van der Waals surface area contributed by atoms with E-state index in [2.05, 4.69) is 27.0 Å². The van der Waals surface area contributed by atoms with Gasteiger partial charge in [-0.15, -0.1) is 10.2 Å². The molecule has 0 amide bonds. The summed E-state index contributed by atoms with van der Waals surface area (Å²) in [5, 5.41) is 9.59. The van der Waals surface area contributed by atoms with E-state index >= 15 is 0 Å². The van der Waals surface area contributed by atoms with Crippen LogP contribution in [0.4, 0.5) is 15.9 Å². The molecular weight excluding hydrogens is 377 g/mol. The molecule has 2 aromatic heterocycles. The minimum atomic E-state index is -0.455. The Kier molecular flexibility index (Phi) is 4.84. The fourth-order valence-electron chi connectivity index (χ4n) is 2.94. The van der Waals surface area contributed by atoms with E-state index in [-0.39, 0.29) is 5.92 Å². The van der Waals surface area contributed by atoms with Gasteiger partial charge in [0, 0.05) is 34.6 Å². The SMILES string of the molecule is CC(C#Cc1cccc(N(C)c2nc3nncn3c3cc(Cl)ccc23)c1)CF. The van der Waals surface area contributed by atoms with Crippen molar-refractivity contribution in [2.45, 2.75) is 6.92 Å². The number of halogens is 2. The van der Waals surface area contributed by atoms with Crippen LogP contribution in [0.1, 0.15) is 12.5 Å². The summed E-state index contributed by atoms with van der Waals surface area (Å²) in [5.74, 6) is 6.88. The molecule has 5 nitrogen and oxygen atoms in total. The Labute approximate surface area is 166 Å². The van der Waals surface area contributed by atoms with Crippen LogP contribution >= 0.6 is 11.6 Å². The monoisotopic (exact) mass is 393 g/mol. The predicted octanol–water partition coefficient (Wildman–Crippen LogP) is 4.66. The van der Waals surface area contributed by atoms with Gasteiger partial charge in [-0.25, -0.2) is 4.39 Å². The Hall–Kier alpha value is -3.17. The fraction of sp³-hybridized carbons (Fsp3) is 0.190. The highest BCUT2D eigenvalue weighted by Crippen LogP contribution is 2.31. The molecule has 2 heterocycles. The number of alkyl halides is 1. The molecule has 4 aromatic rings. The zero-order valence-electron chi connectivity index (χ0n) is 15.4. The molecule has 1 unspecified atom stereocenters. The number of hydrogen-bond acceptors (Lipinski definition) is 4. The maximum Gasteiger partial charge on any atom is 0.257 e. The third kappa shape index (κ3) is 3.37. The van der Waals surface area contributed by atoms with Gasteiger partial charge in [-0.05, 0) is 43.3 Å². The van der Waals surface area contributed by atoms with Gasteiger partial charge in [-0.3, -0.25) is 4.40 Å². The van der Waals surface area contributed by atoms with Crippen molar-refractivity contribution in [1.82, 2.24) is 19.6 Å². The Morgan fingerprint density at radius 2 is 2.11 bits per heavy atom. The van der Waals surface area contributed by atoms with Gasteiger partial charge in [-0.2, -0.15) is 4.98 Å². The molecule has 0 bridgehead atoms. The second kappa shape index (κ2) is 7.45. The van der Waals surface area contributed by atoms with Crippen molar-refractivity contribution in [2.24, 2.45) is 5.92 Å². The number of fused-ring (bicyclic) bond motifs is 3. The van der Waals surface area contributed by atoms with E-state index in [9.17, 15) is 4.39 Å². The first-order chi connectivity index (χ1) is 13.6. The topological polar surface area (TPSA) is 46.3 Å². The Morgan fingerprint density at radius 1 is 1.25 bits per heavy atom. The van der Waals surface area contributed by atoms with Crippen molar-refractivity contribution < 1.29 is 4.39 Å². The van der Waals surface area contributed by atoms with Gasteiger partial charge in [0.15, 0.2) is 0 Å². The summed E-state index contributed by atoms with van der Waals surface area (Å²) in [5.41, 5.74) is 2.60. The lowest BCUT2D eigenvalue weighted by molar-refractivity contribution is 0.438. The van der Waals surface area contributed by atoms with Crippen LogP contribution in [-0.2, 0) is 0 Å². The van der Waals surface area contributed by atoms with Gasteiger partial charge in [0.05, 0.1) is 5.52 Å². The maximum atomic E-state index is 12.7. The molecule has 0 saturated heterocycles. The van der Waals surface area contributed by atoms with Crippen LogP contribution in [0.5, 0.6) is 0 Å². The molecule has 1 atom stereocenters. The predicted molar refractivity (Wildman–Crippen MR) is 110 cm³/mol. The number of rotatable bonds is 3. The number of benzene rings is 2. The highest BCUT2D eigenvalue weighted by atomic mass is 35.5. The van der Waals surface area contributed by atoms with Gasteiger partial charge in [0.1, 0.15) is 18.8 Å². The molecule has 0 radical (unpaired) electrons. The lowest BCUT2D eigenvalue weighted by Crippen LogP contribution is -2.13. The van der Waals surface area contributed by atoms with Gasteiger partial charge >= 0.3 is 0 Å². The molecular formula is C21H17ClFN5. The molecule has 0 aliphatic carbocycles. The van der Waals surface area contributed by atoms with Crippen LogP contribution in [0.2, 0.25) is 5.02 Å². The molecule has 28 heavy (non-hydrogen) atoms. The third-order valence-corrected chi connectivity index (χ3v) is 4.68. The first-order valence-corrected chi connectivity index (χ1v) is 9.15. The first-order valence-electron chi connectivity index (χ1n) is 8.77. The second-order valence-electron chi connectivity index (χ2n) is 6.53. The quantitative estimate of drug-likeness (QED) is 0.475. The minimum absolute atomic E-state index is 0.285. The lowest BCUT2D eigenvalue weighted by Gasteiger charge is -2.20. The van der Waals surface area contributed by atoms with Crippen LogP contribution in [0.3, 0.4) is 0 Å². The Balaban J connectivity index is 1.82. The van der Waals surface area contributed by atoms with Gasteiger partial charge in [-0.1, -0.05) is 29.5 Å². The average molecular weight is 394 g/mol. The van der Waals surface area contributed by atoms with E-state index in [1.165, 1.54) is 0 Å². The number of aromatic nitrogens is 4. The normalized spacial score (nSPS) is 12.0. The number of nitrogens with zero attached hydrogens (tertiary/aromatic N) is 5. The summed E-state index contributed by atoms with van der Waals surface area (Å²) in [4.78, 5) is 6.64. The number of hydrogen-bond donors (Lipinski definition) is 0. The smallest absolute Gasteiger partial charge is 0.257 e. The summed E-state index contributed by atoms with van der Waals surface area (Å²) in [6.45, 7) is 1.31. The molecule has 0 fully saturated rings. The maximum absolute atomic E-state index is 12.7. The van der Waals surface area contributed by atoms with Crippen LogP contribution in [0.15, 0.2) is 48.8 Å². The van der Waals surface area contributed by atoms with Crippen LogP contribution in [-0.4, -0.2) is 33.3 Å². The van der Waals surface area contributed by atoms with Gasteiger partial charge < -0.3 is 4.90 Å². The molecule has 4 rings (SSSR count). The standard InChI is InChI=1S/C21H17ClFN5/c1-14(12-23)6-7-15-4-3-5-17(10-15)27(2)20-18-9-8-16(22)11-19(18)28-13-24-26-21(28)25-20/h3-5,8-11,13-14H,12H2,1-2H3. The Morgan fingerprint density at radius 3 is 2.93 bits per heavy atom. The number of anilines is 2. The molecule has 0 spiro atoms. The van der Waals surface area contributed by atoms with Crippen molar-refractivity contribution in [3.63, 3.8) is 0 Å². The van der Waals surface area contributed by atoms with Crippen molar-refractivity contribution in [1.29, 1.82) is 0 Å². The summed E-state index contributed by atoms with van der Waals surface area (Å²) in [6.07, 6.45) is 1.62. The first kappa shape index (κ1) is 18.2. The van der Waals surface area contributed by atoms with E-state index < -0.39 is 6.67 Å². The van der Waals surface area contributed by atoms with Crippen molar-refractivity contribution in [3.8, 4) is 11.8 Å². The van der Waals surface area contributed by atoms with E-state index in [0.29, 0.717) is 10.8 Å². The van der Waals surface area contributed by atoms with E-state index in [1.807, 2.05) is 54.4 Å². The lowest BCUT2D eigenvalue weighted by atomic mass is 10.1. The van der Waals surface area contributed by atoms with Crippen molar-refractivity contribution in [3.05, 3.63) is 59.4 Å². The molecule has 140 valence electrons. The minimum Gasteiger partial charge on any atom is -0.329 e. The molecule has 2 aromatic carbocycles. The molecule has 7 heteroatoms. The second-order valence-corrected chi connectivity index (χ2v) is 6.97. The van der Waals surface area contributed by atoms with Crippen LogP contribution in [0, 0.1) is 17.8 Å². The summed E-state index contributed by atoms with van der Waals surface area (Å²) in [7, 11) is 1.93. The summed E-state index contributed by atoms with van der Waals surface area (Å²) in [6, 6.07) is 13.4. The fourth-order valence-corrected chi connectivity index (χ4v) is 3.10. The zero-order valence-corrected chi connectivity index (χ0v) is 16.2. The molecule has 0 saturated carbocycles. The van der Waals surface area contributed by atoms with E-state index in [4.69, 9.17) is 11.6 Å². The zero-order chi connectivity index (χ0) is 19.7. The highest BCUT2D eigenvalue weighted by Gasteiger charge is 2.15. The van der Waals surface area contributed by atoms with E-state index in [0.717, 1.165) is 28.0 Å². The van der Waals surface area contributed by atoms with Crippen molar-refractivity contribution in [2.75, 3.05) is 18.6 Å². The largest absolute Gasteiger partial charge is 0.329 e. The summed E-state index contributed by atoms with van der Waals surface area (Å²) < 4.78 is 14.5. The highest BCUT2D eigenvalue weighted by molar-refractivity contribution is 6.31. The average Bonchev–Trinajstić information content (AvgIpc) is 3.20. The third-order valence-electron chi connectivity index (χ3n) is 4.44. The van der Waals surface area contributed by atoms with E-state index in [1.54, 1.807) is 17.7 Å². The molecule has 0 aliphatic rings. The molecule has 0 N–H and O–H groups in total.